The van der Waals surface area contributed by atoms with Crippen LogP contribution < -0.4 is 10.2 Å². The number of nitrogens with one attached hydrogen (secondary N) is 1. The molecule has 1 aromatic heterocycles. The van der Waals surface area contributed by atoms with Crippen LogP contribution in [0.25, 0.3) is 0 Å². The van der Waals surface area contributed by atoms with Crippen LogP contribution in [0.4, 0.5) is 11.8 Å². The molecule has 0 aliphatic heterocycles. The summed E-state index contributed by atoms with van der Waals surface area (Å²) in [6.07, 6.45) is 4.25. The average Bonchev–Trinajstić information content (AvgIpc) is 2.31. The average molecular weight is 236 g/mol. The summed E-state index contributed by atoms with van der Waals surface area (Å²) in [6, 6.07) is 0.503. The zero-order valence-corrected chi connectivity index (χ0v) is 11.6. The molecule has 1 aromatic rings. The van der Waals surface area contributed by atoms with Gasteiger partial charge in [0, 0.05) is 31.4 Å². The van der Waals surface area contributed by atoms with Crippen molar-refractivity contribution in [2.45, 2.75) is 46.6 Å². The van der Waals surface area contributed by atoms with E-state index in [1.807, 2.05) is 13.1 Å². The minimum absolute atomic E-state index is 0.503. The molecule has 4 heteroatoms. The predicted molar refractivity (Wildman–Crippen MR) is 73.7 cm³/mol. The second-order valence-corrected chi connectivity index (χ2v) is 4.48. The van der Waals surface area contributed by atoms with Gasteiger partial charge in [-0.05, 0) is 27.2 Å². The van der Waals surface area contributed by atoms with Crippen LogP contribution in [0.15, 0.2) is 6.20 Å². The van der Waals surface area contributed by atoms with Crippen molar-refractivity contribution in [3.05, 3.63) is 11.8 Å². The van der Waals surface area contributed by atoms with Crippen LogP contribution in [-0.4, -0.2) is 29.6 Å². The van der Waals surface area contributed by atoms with Crippen LogP contribution in [0.5, 0.6) is 0 Å². The normalized spacial score (nSPS) is 12.3. The van der Waals surface area contributed by atoms with E-state index in [2.05, 4.69) is 48.0 Å². The zero-order chi connectivity index (χ0) is 12.8. The van der Waals surface area contributed by atoms with Gasteiger partial charge in [0.15, 0.2) is 0 Å². The van der Waals surface area contributed by atoms with Gasteiger partial charge in [0.2, 0.25) is 5.95 Å². The van der Waals surface area contributed by atoms with Crippen molar-refractivity contribution in [2.24, 2.45) is 0 Å². The van der Waals surface area contributed by atoms with Crippen molar-refractivity contribution in [1.82, 2.24) is 9.97 Å². The molecule has 0 aliphatic carbocycles. The van der Waals surface area contributed by atoms with E-state index >= 15 is 0 Å². The minimum atomic E-state index is 0.503. The van der Waals surface area contributed by atoms with Crippen LogP contribution in [0.1, 0.15) is 39.2 Å². The van der Waals surface area contributed by atoms with Gasteiger partial charge in [-0.3, -0.25) is 0 Å². The molecule has 0 bridgehead atoms. The Morgan fingerprint density at radius 2 is 2.12 bits per heavy atom. The van der Waals surface area contributed by atoms with Crippen LogP contribution >= 0.6 is 0 Å². The van der Waals surface area contributed by atoms with E-state index in [9.17, 15) is 0 Å². The SMILES string of the molecule is CCCC(C)N(C)c1nc(NCC)ncc1C. The van der Waals surface area contributed by atoms with E-state index in [1.165, 1.54) is 12.8 Å². The first-order valence-electron chi connectivity index (χ1n) is 6.40. The van der Waals surface area contributed by atoms with E-state index in [0.29, 0.717) is 12.0 Å². The van der Waals surface area contributed by atoms with Gasteiger partial charge in [-0.2, -0.15) is 4.98 Å². The highest BCUT2D eigenvalue weighted by molar-refractivity contribution is 5.48. The molecule has 17 heavy (non-hydrogen) atoms. The van der Waals surface area contributed by atoms with Crippen LogP contribution in [0.2, 0.25) is 0 Å². The van der Waals surface area contributed by atoms with Crippen molar-refractivity contribution >= 4 is 11.8 Å². The van der Waals surface area contributed by atoms with E-state index < -0.39 is 0 Å². The number of aromatic nitrogens is 2. The number of nitrogens with zero attached hydrogens (tertiary/aromatic N) is 3. The van der Waals surface area contributed by atoms with Gasteiger partial charge in [-0.1, -0.05) is 13.3 Å². The maximum atomic E-state index is 4.57. The molecule has 1 rings (SSSR count). The number of aryl methyl sites for hydroxylation is 1. The largest absolute Gasteiger partial charge is 0.357 e. The molecular weight excluding hydrogens is 212 g/mol. The number of rotatable bonds is 6. The first kappa shape index (κ1) is 13.7. The third-order valence-electron chi connectivity index (χ3n) is 2.98. The Kier molecular flexibility index (Phi) is 5.19. The number of anilines is 2. The van der Waals surface area contributed by atoms with Crippen molar-refractivity contribution in [2.75, 3.05) is 23.8 Å². The topological polar surface area (TPSA) is 41.1 Å². The Balaban J connectivity index is 2.90. The molecule has 0 amide bonds. The van der Waals surface area contributed by atoms with Gasteiger partial charge in [0.25, 0.3) is 0 Å². The molecular formula is C13H24N4. The van der Waals surface area contributed by atoms with Crippen molar-refractivity contribution < 1.29 is 0 Å². The Labute approximate surface area is 104 Å². The first-order valence-corrected chi connectivity index (χ1v) is 6.40. The van der Waals surface area contributed by atoms with Gasteiger partial charge in [-0.25, -0.2) is 4.98 Å². The maximum Gasteiger partial charge on any atom is 0.224 e. The van der Waals surface area contributed by atoms with Gasteiger partial charge in [-0.15, -0.1) is 0 Å². The summed E-state index contributed by atoms with van der Waals surface area (Å²) in [5.74, 6) is 1.74. The fraction of sp³-hybridized carbons (Fsp3) is 0.692. The van der Waals surface area contributed by atoms with E-state index in [1.54, 1.807) is 0 Å². The van der Waals surface area contributed by atoms with Gasteiger partial charge < -0.3 is 10.2 Å². The molecule has 0 saturated carbocycles. The Hall–Kier alpha value is -1.32. The molecule has 96 valence electrons. The molecule has 1 heterocycles. The van der Waals surface area contributed by atoms with Crippen molar-refractivity contribution in [3.63, 3.8) is 0 Å². The van der Waals surface area contributed by atoms with E-state index in [4.69, 9.17) is 0 Å². The molecule has 1 atom stereocenters. The van der Waals surface area contributed by atoms with E-state index in [-0.39, 0.29) is 0 Å². The van der Waals surface area contributed by atoms with Crippen molar-refractivity contribution in [1.29, 1.82) is 0 Å². The summed E-state index contributed by atoms with van der Waals surface area (Å²) in [6.45, 7) is 9.39. The molecule has 0 radical (unpaired) electrons. The van der Waals surface area contributed by atoms with Crippen molar-refractivity contribution in [3.8, 4) is 0 Å². The van der Waals surface area contributed by atoms with Gasteiger partial charge in [0.05, 0.1) is 0 Å². The summed E-state index contributed by atoms with van der Waals surface area (Å²) in [7, 11) is 2.10. The quantitative estimate of drug-likeness (QED) is 0.824. The lowest BCUT2D eigenvalue weighted by molar-refractivity contribution is 0.609. The van der Waals surface area contributed by atoms with Crippen LogP contribution in [0, 0.1) is 6.92 Å². The summed E-state index contributed by atoms with van der Waals surface area (Å²) >= 11 is 0. The highest BCUT2D eigenvalue weighted by Gasteiger charge is 2.13. The van der Waals surface area contributed by atoms with Gasteiger partial charge >= 0.3 is 0 Å². The maximum absolute atomic E-state index is 4.57. The predicted octanol–water partition coefficient (Wildman–Crippen LogP) is 2.84. The van der Waals surface area contributed by atoms with Crippen LogP contribution in [-0.2, 0) is 0 Å². The Morgan fingerprint density at radius 3 is 2.71 bits per heavy atom. The summed E-state index contributed by atoms with van der Waals surface area (Å²) in [5, 5.41) is 3.15. The second-order valence-electron chi connectivity index (χ2n) is 4.48. The third-order valence-corrected chi connectivity index (χ3v) is 2.98. The smallest absolute Gasteiger partial charge is 0.224 e. The second kappa shape index (κ2) is 6.42. The highest BCUT2D eigenvalue weighted by Crippen LogP contribution is 2.20. The highest BCUT2D eigenvalue weighted by atomic mass is 15.2. The number of hydrogen-bond donors (Lipinski definition) is 1. The fourth-order valence-corrected chi connectivity index (χ4v) is 1.85. The first-order chi connectivity index (χ1) is 8.10. The molecule has 0 spiro atoms. The molecule has 0 saturated heterocycles. The molecule has 0 fully saturated rings. The van der Waals surface area contributed by atoms with Crippen LogP contribution in [0.3, 0.4) is 0 Å². The summed E-state index contributed by atoms with van der Waals surface area (Å²) in [5.41, 5.74) is 1.12. The zero-order valence-electron chi connectivity index (χ0n) is 11.6. The minimum Gasteiger partial charge on any atom is -0.357 e. The molecule has 0 aliphatic rings. The Bertz CT molecular complexity index is 351. The lowest BCUT2D eigenvalue weighted by Crippen LogP contribution is -2.30. The molecule has 1 N–H and O–H groups in total. The lowest BCUT2D eigenvalue weighted by Gasteiger charge is -2.27. The van der Waals surface area contributed by atoms with Gasteiger partial charge in [0.1, 0.15) is 5.82 Å². The standard InChI is InChI=1S/C13H24N4/c1-6-8-11(4)17(5)12-10(3)9-15-13(16-12)14-7-2/h9,11H,6-8H2,1-5H3,(H,14,15,16). The van der Waals surface area contributed by atoms with E-state index in [0.717, 1.165) is 17.9 Å². The monoisotopic (exact) mass is 236 g/mol. The fourth-order valence-electron chi connectivity index (χ4n) is 1.85. The molecule has 0 aromatic carbocycles. The number of hydrogen-bond acceptors (Lipinski definition) is 4. The Morgan fingerprint density at radius 1 is 1.41 bits per heavy atom. The lowest BCUT2D eigenvalue weighted by atomic mass is 10.1. The molecule has 4 nitrogen and oxygen atoms in total. The summed E-state index contributed by atoms with van der Waals surface area (Å²) in [4.78, 5) is 11.1. The summed E-state index contributed by atoms with van der Waals surface area (Å²) < 4.78 is 0. The molecule has 1 unspecified atom stereocenters. The third kappa shape index (κ3) is 3.58.